The number of nitrogens with two attached hydrogens (primary N) is 1. The van der Waals surface area contributed by atoms with Gasteiger partial charge in [0, 0.05) is 5.56 Å². The summed E-state index contributed by atoms with van der Waals surface area (Å²) in [5.41, 5.74) is 3.47. The molecule has 2 nitrogen and oxygen atoms in total. The molecule has 0 aliphatic rings. The highest BCUT2D eigenvalue weighted by molar-refractivity contribution is 5.32. The van der Waals surface area contributed by atoms with E-state index in [0.29, 0.717) is 0 Å². The summed E-state index contributed by atoms with van der Waals surface area (Å²) in [5.74, 6) is 4.44. The number of hydrazine groups is 1. The van der Waals surface area contributed by atoms with Crippen LogP contribution >= 0.6 is 0 Å². The van der Waals surface area contributed by atoms with Crippen LogP contribution in [0.5, 0.6) is 0 Å². The fraction of sp³-hybridized carbons (Fsp3) is 0.0769. The lowest BCUT2D eigenvalue weighted by Gasteiger charge is -2.17. The Morgan fingerprint density at radius 2 is 1.71 bits per heavy atom. The van der Waals surface area contributed by atoms with Crippen LogP contribution in [0.15, 0.2) is 48.5 Å². The zero-order chi connectivity index (χ0) is 12.3. The van der Waals surface area contributed by atoms with E-state index in [-0.39, 0.29) is 5.56 Å². The average molecular weight is 234 g/mol. The van der Waals surface area contributed by atoms with E-state index < -0.39 is 17.7 Å². The fourth-order valence-electron chi connectivity index (χ4n) is 1.75. The summed E-state index contributed by atoms with van der Waals surface area (Å²) in [6.45, 7) is 0. The lowest BCUT2D eigenvalue weighted by Crippen LogP contribution is -2.29. The van der Waals surface area contributed by atoms with Crippen molar-refractivity contribution < 1.29 is 8.78 Å². The van der Waals surface area contributed by atoms with E-state index in [1.165, 1.54) is 0 Å². The van der Waals surface area contributed by atoms with Crippen LogP contribution in [0.3, 0.4) is 0 Å². The maximum Gasteiger partial charge on any atom is 0.128 e. The van der Waals surface area contributed by atoms with Gasteiger partial charge in [-0.1, -0.05) is 30.3 Å². The van der Waals surface area contributed by atoms with Gasteiger partial charge in [-0.15, -0.1) is 0 Å². The molecule has 0 aliphatic heterocycles. The molecule has 88 valence electrons. The Bertz CT molecular complexity index is 500. The van der Waals surface area contributed by atoms with Crippen molar-refractivity contribution in [2.45, 2.75) is 6.04 Å². The molecule has 2 rings (SSSR count). The quantitative estimate of drug-likeness (QED) is 0.632. The van der Waals surface area contributed by atoms with Crippen molar-refractivity contribution in [3.63, 3.8) is 0 Å². The zero-order valence-corrected chi connectivity index (χ0v) is 9.03. The van der Waals surface area contributed by atoms with E-state index in [1.54, 1.807) is 12.1 Å². The molecule has 2 aromatic rings. The molecule has 0 heterocycles. The third kappa shape index (κ3) is 2.49. The zero-order valence-electron chi connectivity index (χ0n) is 9.03. The van der Waals surface area contributed by atoms with Crippen molar-refractivity contribution in [1.29, 1.82) is 0 Å². The molecule has 1 unspecified atom stereocenters. The molecular weight excluding hydrogens is 222 g/mol. The number of nitrogens with one attached hydrogen (secondary N) is 1. The Kier molecular flexibility index (Phi) is 3.46. The molecule has 0 amide bonds. The monoisotopic (exact) mass is 234 g/mol. The molecule has 0 fully saturated rings. The largest absolute Gasteiger partial charge is 0.271 e. The normalized spacial score (nSPS) is 12.4. The summed E-state index contributed by atoms with van der Waals surface area (Å²) >= 11 is 0. The molecule has 17 heavy (non-hydrogen) atoms. The molecule has 0 radical (unpaired) electrons. The van der Waals surface area contributed by atoms with Crippen LogP contribution < -0.4 is 11.3 Å². The van der Waals surface area contributed by atoms with Crippen molar-refractivity contribution in [3.8, 4) is 0 Å². The Balaban J connectivity index is 2.46. The highest BCUT2D eigenvalue weighted by Gasteiger charge is 2.16. The van der Waals surface area contributed by atoms with E-state index in [0.717, 1.165) is 23.8 Å². The predicted octanol–water partition coefficient (Wildman–Crippen LogP) is 2.52. The van der Waals surface area contributed by atoms with Gasteiger partial charge in [-0.3, -0.25) is 5.84 Å². The first-order valence-electron chi connectivity index (χ1n) is 5.18. The maximum atomic E-state index is 13.6. The van der Waals surface area contributed by atoms with Crippen molar-refractivity contribution in [1.82, 2.24) is 5.43 Å². The Morgan fingerprint density at radius 3 is 2.35 bits per heavy atom. The summed E-state index contributed by atoms with van der Waals surface area (Å²) < 4.78 is 26.8. The van der Waals surface area contributed by atoms with Gasteiger partial charge in [0.25, 0.3) is 0 Å². The summed E-state index contributed by atoms with van der Waals surface area (Å²) in [5, 5.41) is 0. The first-order chi connectivity index (χ1) is 8.22. The molecule has 2 aromatic carbocycles. The lowest BCUT2D eigenvalue weighted by atomic mass is 9.99. The molecule has 0 aromatic heterocycles. The van der Waals surface area contributed by atoms with E-state index in [2.05, 4.69) is 5.43 Å². The molecule has 0 saturated heterocycles. The van der Waals surface area contributed by atoms with Gasteiger partial charge in [-0.25, -0.2) is 14.2 Å². The van der Waals surface area contributed by atoms with Gasteiger partial charge in [0.05, 0.1) is 6.04 Å². The number of halogens is 2. The van der Waals surface area contributed by atoms with E-state index in [1.807, 2.05) is 18.2 Å². The maximum absolute atomic E-state index is 13.6. The molecule has 0 aliphatic carbocycles. The molecule has 1 atom stereocenters. The van der Waals surface area contributed by atoms with Crippen molar-refractivity contribution in [2.24, 2.45) is 5.84 Å². The highest BCUT2D eigenvalue weighted by Crippen LogP contribution is 2.24. The average Bonchev–Trinajstić information content (AvgIpc) is 2.36. The summed E-state index contributed by atoms with van der Waals surface area (Å²) in [6, 6.07) is 11.8. The molecular formula is C13H12F2N2. The minimum absolute atomic E-state index is 0.193. The van der Waals surface area contributed by atoms with Crippen LogP contribution in [0.1, 0.15) is 17.2 Å². The van der Waals surface area contributed by atoms with E-state index in [4.69, 9.17) is 5.84 Å². The van der Waals surface area contributed by atoms with Gasteiger partial charge in [0.15, 0.2) is 0 Å². The predicted molar refractivity (Wildman–Crippen MR) is 62.0 cm³/mol. The third-order valence-electron chi connectivity index (χ3n) is 2.57. The highest BCUT2D eigenvalue weighted by atomic mass is 19.1. The topological polar surface area (TPSA) is 38.0 Å². The first-order valence-corrected chi connectivity index (χ1v) is 5.18. The summed E-state index contributed by atoms with van der Waals surface area (Å²) in [6.07, 6.45) is 0. The fourth-order valence-corrected chi connectivity index (χ4v) is 1.75. The van der Waals surface area contributed by atoms with Gasteiger partial charge in [0.2, 0.25) is 0 Å². The standard InChI is InChI=1S/C13H12F2N2/c14-10-6-7-12(15)11(8-10)13(17-16)9-4-2-1-3-5-9/h1-8,13,17H,16H2. The molecule has 3 N–H and O–H groups in total. The summed E-state index contributed by atoms with van der Waals surface area (Å²) in [7, 11) is 0. The van der Waals surface area contributed by atoms with Gasteiger partial charge < -0.3 is 0 Å². The number of benzene rings is 2. The van der Waals surface area contributed by atoms with Crippen LogP contribution in [-0.2, 0) is 0 Å². The molecule has 0 bridgehead atoms. The van der Waals surface area contributed by atoms with Gasteiger partial charge in [0.1, 0.15) is 11.6 Å². The van der Waals surface area contributed by atoms with Gasteiger partial charge >= 0.3 is 0 Å². The Labute approximate surface area is 98.0 Å². The lowest BCUT2D eigenvalue weighted by molar-refractivity contribution is 0.545. The van der Waals surface area contributed by atoms with Crippen LogP contribution in [0, 0.1) is 11.6 Å². The minimum atomic E-state index is -0.563. The second-order valence-electron chi connectivity index (χ2n) is 3.68. The third-order valence-corrected chi connectivity index (χ3v) is 2.57. The van der Waals surface area contributed by atoms with Crippen LogP contribution in [0.25, 0.3) is 0 Å². The Hall–Kier alpha value is -1.78. The van der Waals surface area contributed by atoms with Crippen molar-refractivity contribution in [2.75, 3.05) is 0 Å². The van der Waals surface area contributed by atoms with Gasteiger partial charge in [-0.05, 0) is 23.8 Å². The number of hydrogen-bond donors (Lipinski definition) is 2. The number of hydrogen-bond acceptors (Lipinski definition) is 2. The van der Waals surface area contributed by atoms with Gasteiger partial charge in [-0.2, -0.15) is 0 Å². The SMILES string of the molecule is NNC(c1ccccc1)c1cc(F)ccc1F. The first kappa shape index (κ1) is 11.7. The van der Waals surface area contributed by atoms with Crippen molar-refractivity contribution in [3.05, 3.63) is 71.3 Å². The van der Waals surface area contributed by atoms with Crippen LogP contribution in [-0.4, -0.2) is 0 Å². The minimum Gasteiger partial charge on any atom is -0.271 e. The summed E-state index contributed by atoms with van der Waals surface area (Å²) in [4.78, 5) is 0. The van der Waals surface area contributed by atoms with Crippen LogP contribution in [0.2, 0.25) is 0 Å². The van der Waals surface area contributed by atoms with E-state index in [9.17, 15) is 8.78 Å². The smallest absolute Gasteiger partial charge is 0.128 e. The number of rotatable bonds is 3. The van der Waals surface area contributed by atoms with E-state index >= 15 is 0 Å². The molecule has 0 spiro atoms. The Morgan fingerprint density at radius 1 is 1.00 bits per heavy atom. The molecule has 4 heteroatoms. The molecule has 0 saturated carbocycles. The second kappa shape index (κ2) is 5.03. The van der Waals surface area contributed by atoms with Crippen molar-refractivity contribution >= 4 is 0 Å². The van der Waals surface area contributed by atoms with Crippen LogP contribution in [0.4, 0.5) is 8.78 Å². The second-order valence-corrected chi connectivity index (χ2v) is 3.68.